The van der Waals surface area contributed by atoms with Gasteiger partial charge in [-0.3, -0.25) is 10.1 Å². The highest BCUT2D eigenvalue weighted by molar-refractivity contribution is 6.01. The van der Waals surface area contributed by atoms with E-state index in [-0.39, 0.29) is 25.0 Å². The Morgan fingerprint density at radius 3 is 2.49 bits per heavy atom. The lowest BCUT2D eigenvalue weighted by atomic mass is 9.96. The quantitative estimate of drug-likeness (QED) is 0.248. The molecular formula is C27H29N3O5. The van der Waals surface area contributed by atoms with E-state index in [9.17, 15) is 9.59 Å². The van der Waals surface area contributed by atoms with Crippen LogP contribution < -0.4 is 21.1 Å². The van der Waals surface area contributed by atoms with Crippen molar-refractivity contribution in [2.24, 2.45) is 5.92 Å². The zero-order chi connectivity index (χ0) is 25.0. The summed E-state index contributed by atoms with van der Waals surface area (Å²) in [5.74, 6) is -0.201. The lowest BCUT2D eigenvalue weighted by Crippen LogP contribution is -2.21. The number of hydrogen-bond acceptors (Lipinski definition) is 6. The second-order valence-electron chi connectivity index (χ2n) is 7.76. The second kappa shape index (κ2) is 12.8. The standard InChI is InChI=1S/C27H29N3O5/c1-19(14-15-25(32)30-24-13-6-5-12-23(24)28)26(20-8-7-11-22(18-20)34-17-16-31)35-27(33)29-21-9-3-2-4-10-21/h2-15,18-19,26,31H,16-17,28H2,1H3,(H,29,33)(H,30,32)/b15-14+/t19-,26+/m0/s1. The molecule has 5 N–H and O–H groups in total. The molecule has 0 radical (unpaired) electrons. The Labute approximate surface area is 204 Å². The SMILES string of the molecule is C[C@@H](/C=C/C(=O)Nc1ccccc1N)[C@@H](OC(=O)Nc1ccccc1)c1cccc(OCCO)c1. The van der Waals surface area contributed by atoms with Crippen LogP contribution in [0, 0.1) is 5.92 Å². The van der Waals surface area contributed by atoms with Gasteiger partial charge in [0.15, 0.2) is 0 Å². The molecule has 0 saturated heterocycles. The van der Waals surface area contributed by atoms with E-state index < -0.39 is 12.2 Å². The molecule has 0 aliphatic heterocycles. The summed E-state index contributed by atoms with van der Waals surface area (Å²) in [4.78, 5) is 25.1. The van der Waals surface area contributed by atoms with Crippen LogP contribution in [0.2, 0.25) is 0 Å². The van der Waals surface area contributed by atoms with Gasteiger partial charge in [0, 0.05) is 11.6 Å². The van der Waals surface area contributed by atoms with Crippen molar-refractivity contribution >= 4 is 29.1 Å². The van der Waals surface area contributed by atoms with Crippen LogP contribution in [0.25, 0.3) is 0 Å². The highest BCUT2D eigenvalue weighted by Gasteiger charge is 2.23. The van der Waals surface area contributed by atoms with Crippen LogP contribution in [0.3, 0.4) is 0 Å². The van der Waals surface area contributed by atoms with Gasteiger partial charge in [-0.2, -0.15) is 0 Å². The molecule has 0 spiro atoms. The summed E-state index contributed by atoms with van der Waals surface area (Å²) >= 11 is 0. The van der Waals surface area contributed by atoms with E-state index in [2.05, 4.69) is 10.6 Å². The number of aliphatic hydroxyl groups excluding tert-OH is 1. The van der Waals surface area contributed by atoms with Crippen LogP contribution in [0.15, 0.2) is 91.0 Å². The lowest BCUT2D eigenvalue weighted by molar-refractivity contribution is -0.111. The van der Waals surface area contributed by atoms with Crippen LogP contribution in [-0.4, -0.2) is 30.3 Å². The Kier molecular flexibility index (Phi) is 9.27. The summed E-state index contributed by atoms with van der Waals surface area (Å²) in [5, 5.41) is 14.5. The number of ether oxygens (including phenoxy) is 2. The number of rotatable bonds is 10. The van der Waals surface area contributed by atoms with Gasteiger partial charge >= 0.3 is 6.09 Å². The van der Waals surface area contributed by atoms with Gasteiger partial charge < -0.3 is 25.6 Å². The highest BCUT2D eigenvalue weighted by atomic mass is 16.6. The molecule has 0 aromatic heterocycles. The number of benzene rings is 3. The smallest absolute Gasteiger partial charge is 0.412 e. The minimum Gasteiger partial charge on any atom is -0.491 e. The number of amides is 2. The fourth-order valence-corrected chi connectivity index (χ4v) is 3.33. The number of nitrogens with two attached hydrogens (primary N) is 1. The van der Waals surface area contributed by atoms with Crippen molar-refractivity contribution < 1.29 is 24.2 Å². The molecule has 35 heavy (non-hydrogen) atoms. The largest absolute Gasteiger partial charge is 0.491 e. The number of carbonyl (C=O) groups excluding carboxylic acids is 2. The van der Waals surface area contributed by atoms with Crippen molar-refractivity contribution in [1.29, 1.82) is 0 Å². The van der Waals surface area contributed by atoms with Crippen molar-refractivity contribution in [3.05, 3.63) is 96.6 Å². The van der Waals surface area contributed by atoms with E-state index in [0.717, 1.165) is 0 Å². The number of anilines is 3. The van der Waals surface area contributed by atoms with E-state index in [1.807, 2.05) is 13.0 Å². The molecule has 0 heterocycles. The molecule has 0 saturated carbocycles. The molecule has 182 valence electrons. The summed E-state index contributed by atoms with van der Waals surface area (Å²) in [7, 11) is 0. The third-order valence-electron chi connectivity index (χ3n) is 5.05. The number of aliphatic hydroxyl groups is 1. The van der Waals surface area contributed by atoms with Gasteiger partial charge in [0.05, 0.1) is 18.0 Å². The topological polar surface area (TPSA) is 123 Å². The maximum atomic E-state index is 12.7. The first kappa shape index (κ1) is 25.3. The van der Waals surface area contributed by atoms with Crippen LogP contribution in [0.4, 0.5) is 21.9 Å². The number of para-hydroxylation sites is 3. The summed E-state index contributed by atoms with van der Waals surface area (Å²) in [6.07, 6.45) is 1.69. The van der Waals surface area contributed by atoms with Crippen molar-refractivity contribution in [1.82, 2.24) is 0 Å². The molecule has 8 nitrogen and oxygen atoms in total. The maximum absolute atomic E-state index is 12.7. The fraction of sp³-hybridized carbons (Fsp3) is 0.185. The Morgan fingerprint density at radius 2 is 1.74 bits per heavy atom. The highest BCUT2D eigenvalue weighted by Crippen LogP contribution is 2.30. The first-order chi connectivity index (χ1) is 17.0. The first-order valence-corrected chi connectivity index (χ1v) is 11.2. The first-order valence-electron chi connectivity index (χ1n) is 11.2. The van der Waals surface area contributed by atoms with Crippen molar-refractivity contribution in [2.75, 3.05) is 29.6 Å². The van der Waals surface area contributed by atoms with Crippen LogP contribution in [0.5, 0.6) is 5.75 Å². The molecule has 2 atom stereocenters. The Bertz CT molecular complexity index is 1150. The second-order valence-corrected chi connectivity index (χ2v) is 7.76. The molecule has 3 rings (SSSR count). The normalized spacial score (nSPS) is 12.5. The fourth-order valence-electron chi connectivity index (χ4n) is 3.33. The zero-order valence-corrected chi connectivity index (χ0v) is 19.4. The number of carbonyl (C=O) groups is 2. The van der Waals surface area contributed by atoms with E-state index >= 15 is 0 Å². The van der Waals surface area contributed by atoms with Crippen molar-refractivity contribution in [3.8, 4) is 5.75 Å². The van der Waals surface area contributed by atoms with E-state index in [1.54, 1.807) is 78.9 Å². The molecule has 3 aromatic carbocycles. The Hall–Kier alpha value is -4.30. The lowest BCUT2D eigenvalue weighted by Gasteiger charge is -2.23. The molecule has 8 heteroatoms. The van der Waals surface area contributed by atoms with Crippen LogP contribution >= 0.6 is 0 Å². The molecule has 0 aliphatic carbocycles. The molecule has 0 unspecified atom stereocenters. The monoisotopic (exact) mass is 475 g/mol. The third-order valence-corrected chi connectivity index (χ3v) is 5.05. The average Bonchev–Trinajstić information content (AvgIpc) is 2.87. The average molecular weight is 476 g/mol. The molecule has 3 aromatic rings. The van der Waals surface area contributed by atoms with Crippen LogP contribution in [-0.2, 0) is 9.53 Å². The van der Waals surface area contributed by atoms with Crippen molar-refractivity contribution in [3.63, 3.8) is 0 Å². The molecular weight excluding hydrogens is 446 g/mol. The molecule has 0 fully saturated rings. The van der Waals surface area contributed by atoms with E-state index in [0.29, 0.717) is 28.4 Å². The predicted molar refractivity (Wildman–Crippen MR) is 136 cm³/mol. The summed E-state index contributed by atoms with van der Waals surface area (Å²) in [6.45, 7) is 1.86. The van der Waals surface area contributed by atoms with Gasteiger partial charge in [0.25, 0.3) is 0 Å². The maximum Gasteiger partial charge on any atom is 0.412 e. The number of nitrogens with one attached hydrogen (secondary N) is 2. The summed E-state index contributed by atoms with van der Waals surface area (Å²) in [6, 6.07) is 23.0. The van der Waals surface area contributed by atoms with Gasteiger partial charge in [-0.25, -0.2) is 4.79 Å². The van der Waals surface area contributed by atoms with E-state index in [1.165, 1.54) is 6.08 Å². The van der Waals surface area contributed by atoms with Gasteiger partial charge in [0.2, 0.25) is 5.91 Å². The van der Waals surface area contributed by atoms with Gasteiger partial charge in [-0.1, -0.05) is 55.5 Å². The molecule has 2 amide bonds. The Morgan fingerprint density at radius 1 is 1.00 bits per heavy atom. The predicted octanol–water partition coefficient (Wildman–Crippen LogP) is 4.76. The van der Waals surface area contributed by atoms with Crippen molar-refractivity contribution in [2.45, 2.75) is 13.0 Å². The number of nitrogen functional groups attached to an aromatic ring is 1. The summed E-state index contributed by atoms with van der Waals surface area (Å²) in [5.41, 5.74) is 8.13. The summed E-state index contributed by atoms with van der Waals surface area (Å²) < 4.78 is 11.3. The minimum atomic E-state index is -0.720. The van der Waals surface area contributed by atoms with Gasteiger partial charge in [-0.05, 0) is 48.0 Å². The molecule has 0 aliphatic rings. The number of hydrogen-bond donors (Lipinski definition) is 4. The van der Waals surface area contributed by atoms with Gasteiger partial charge in [-0.15, -0.1) is 0 Å². The van der Waals surface area contributed by atoms with Gasteiger partial charge in [0.1, 0.15) is 18.5 Å². The zero-order valence-electron chi connectivity index (χ0n) is 19.4. The van der Waals surface area contributed by atoms with E-state index in [4.69, 9.17) is 20.3 Å². The minimum absolute atomic E-state index is 0.121. The van der Waals surface area contributed by atoms with Crippen LogP contribution in [0.1, 0.15) is 18.6 Å². The third kappa shape index (κ3) is 7.90. The Balaban J connectivity index is 1.77. The molecule has 0 bridgehead atoms.